The number of benzene rings is 1. The highest BCUT2D eigenvalue weighted by Crippen LogP contribution is 2.14. The summed E-state index contributed by atoms with van der Waals surface area (Å²) in [5.74, 6) is -0.0918. The van der Waals surface area contributed by atoms with Crippen molar-refractivity contribution >= 4 is 5.91 Å². The highest BCUT2D eigenvalue weighted by Gasteiger charge is 2.22. The molecule has 1 aromatic rings. The van der Waals surface area contributed by atoms with E-state index in [0.29, 0.717) is 18.5 Å². The number of morpholine rings is 1. The molecule has 2 N–H and O–H groups in total. The van der Waals surface area contributed by atoms with Crippen LogP contribution in [-0.2, 0) is 11.3 Å². The number of carbonyl (C=O) groups excluding carboxylic acids is 1. The van der Waals surface area contributed by atoms with E-state index in [4.69, 9.17) is 4.74 Å². The number of hydrogen-bond acceptors (Lipinski definition) is 4. The summed E-state index contributed by atoms with van der Waals surface area (Å²) in [6, 6.07) is 7.74. The van der Waals surface area contributed by atoms with Gasteiger partial charge in [0.1, 0.15) is 0 Å². The van der Waals surface area contributed by atoms with Gasteiger partial charge in [0.15, 0.2) is 0 Å². The van der Waals surface area contributed by atoms with Gasteiger partial charge in [-0.1, -0.05) is 12.1 Å². The number of ether oxygens (including phenoxy) is 1. The molecule has 0 aromatic heterocycles. The van der Waals surface area contributed by atoms with Gasteiger partial charge in [-0.25, -0.2) is 0 Å². The SMILES string of the molecule is CC(O)CCNC(=O)c1ccc(CN2CC(C)OC(C)C2)cc1. The molecular formula is C18H28N2O3. The van der Waals surface area contributed by atoms with Crippen LogP contribution in [0.2, 0.25) is 0 Å². The van der Waals surface area contributed by atoms with E-state index in [1.807, 2.05) is 24.3 Å². The van der Waals surface area contributed by atoms with Crippen LogP contribution in [0.15, 0.2) is 24.3 Å². The van der Waals surface area contributed by atoms with Crippen molar-refractivity contribution in [1.29, 1.82) is 0 Å². The molecule has 3 atom stereocenters. The zero-order valence-electron chi connectivity index (χ0n) is 14.3. The third kappa shape index (κ3) is 5.94. The molecule has 1 aliphatic heterocycles. The molecule has 1 saturated heterocycles. The van der Waals surface area contributed by atoms with E-state index >= 15 is 0 Å². The van der Waals surface area contributed by atoms with Gasteiger partial charge in [-0.15, -0.1) is 0 Å². The van der Waals surface area contributed by atoms with Crippen LogP contribution in [0.1, 0.15) is 43.1 Å². The predicted octanol–water partition coefficient (Wildman–Crippen LogP) is 1.80. The topological polar surface area (TPSA) is 61.8 Å². The summed E-state index contributed by atoms with van der Waals surface area (Å²) in [7, 11) is 0. The predicted molar refractivity (Wildman–Crippen MR) is 90.4 cm³/mol. The van der Waals surface area contributed by atoms with Gasteiger partial charge in [-0.2, -0.15) is 0 Å². The minimum atomic E-state index is -0.393. The van der Waals surface area contributed by atoms with Crippen molar-refractivity contribution in [2.75, 3.05) is 19.6 Å². The zero-order valence-corrected chi connectivity index (χ0v) is 14.3. The first kappa shape index (κ1) is 17.9. The molecule has 2 rings (SSSR count). The van der Waals surface area contributed by atoms with Crippen molar-refractivity contribution < 1.29 is 14.6 Å². The summed E-state index contributed by atoms with van der Waals surface area (Å²) in [5.41, 5.74) is 1.86. The molecule has 1 aromatic carbocycles. The lowest BCUT2D eigenvalue weighted by atomic mass is 10.1. The fraction of sp³-hybridized carbons (Fsp3) is 0.611. The first-order chi connectivity index (χ1) is 10.9. The Hall–Kier alpha value is -1.43. The molecule has 5 heteroatoms. The van der Waals surface area contributed by atoms with Crippen molar-refractivity contribution in [1.82, 2.24) is 10.2 Å². The van der Waals surface area contributed by atoms with Gasteiger partial charge in [0.05, 0.1) is 18.3 Å². The smallest absolute Gasteiger partial charge is 0.251 e. The summed E-state index contributed by atoms with van der Waals surface area (Å²) >= 11 is 0. The Labute approximate surface area is 138 Å². The second kappa shape index (κ2) is 8.43. The third-order valence-electron chi connectivity index (χ3n) is 3.97. The summed E-state index contributed by atoms with van der Waals surface area (Å²) in [6.07, 6.45) is 0.698. The molecular weight excluding hydrogens is 292 g/mol. The highest BCUT2D eigenvalue weighted by atomic mass is 16.5. The average Bonchev–Trinajstić information content (AvgIpc) is 2.46. The molecule has 3 unspecified atom stereocenters. The van der Waals surface area contributed by atoms with Crippen molar-refractivity contribution in [2.45, 2.75) is 52.0 Å². The zero-order chi connectivity index (χ0) is 16.8. The second-order valence-corrected chi connectivity index (χ2v) is 6.54. The van der Waals surface area contributed by atoms with Gasteiger partial charge in [-0.05, 0) is 44.9 Å². The molecule has 1 amide bonds. The first-order valence-electron chi connectivity index (χ1n) is 8.37. The van der Waals surface area contributed by atoms with Crippen LogP contribution in [0.3, 0.4) is 0 Å². The van der Waals surface area contributed by atoms with Gasteiger partial charge < -0.3 is 15.2 Å². The lowest BCUT2D eigenvalue weighted by Crippen LogP contribution is -2.44. The Morgan fingerprint density at radius 2 is 1.91 bits per heavy atom. The minimum absolute atomic E-state index is 0.0918. The van der Waals surface area contributed by atoms with Crippen LogP contribution in [0.25, 0.3) is 0 Å². The first-order valence-corrected chi connectivity index (χ1v) is 8.37. The van der Waals surface area contributed by atoms with Crippen molar-refractivity contribution in [3.05, 3.63) is 35.4 Å². The number of rotatable bonds is 6. The van der Waals surface area contributed by atoms with Crippen LogP contribution in [0.5, 0.6) is 0 Å². The Morgan fingerprint density at radius 3 is 2.48 bits per heavy atom. The fourth-order valence-electron chi connectivity index (χ4n) is 2.93. The number of aliphatic hydroxyl groups excluding tert-OH is 1. The number of nitrogens with zero attached hydrogens (tertiary/aromatic N) is 1. The van der Waals surface area contributed by atoms with Gasteiger partial charge >= 0.3 is 0 Å². The summed E-state index contributed by atoms with van der Waals surface area (Å²) in [6.45, 7) is 9.16. The molecule has 1 fully saturated rings. The monoisotopic (exact) mass is 320 g/mol. The van der Waals surface area contributed by atoms with Crippen molar-refractivity contribution in [3.63, 3.8) is 0 Å². The van der Waals surface area contributed by atoms with Crippen LogP contribution in [0, 0.1) is 0 Å². The maximum atomic E-state index is 12.0. The molecule has 128 valence electrons. The molecule has 0 spiro atoms. The molecule has 5 nitrogen and oxygen atoms in total. The molecule has 0 aliphatic carbocycles. The van der Waals surface area contributed by atoms with Crippen LogP contribution >= 0.6 is 0 Å². The lowest BCUT2D eigenvalue weighted by Gasteiger charge is -2.35. The van der Waals surface area contributed by atoms with E-state index in [1.54, 1.807) is 6.92 Å². The molecule has 0 bridgehead atoms. The maximum absolute atomic E-state index is 12.0. The van der Waals surface area contributed by atoms with Crippen molar-refractivity contribution in [3.8, 4) is 0 Å². The van der Waals surface area contributed by atoms with E-state index in [9.17, 15) is 9.90 Å². The summed E-state index contributed by atoms with van der Waals surface area (Å²) < 4.78 is 5.75. The average molecular weight is 320 g/mol. The molecule has 1 aliphatic rings. The highest BCUT2D eigenvalue weighted by molar-refractivity contribution is 5.94. The fourth-order valence-corrected chi connectivity index (χ4v) is 2.93. The van der Waals surface area contributed by atoms with E-state index in [0.717, 1.165) is 19.6 Å². The number of aliphatic hydroxyl groups is 1. The molecule has 0 radical (unpaired) electrons. The van der Waals surface area contributed by atoms with Crippen molar-refractivity contribution in [2.24, 2.45) is 0 Å². The maximum Gasteiger partial charge on any atom is 0.251 e. The Morgan fingerprint density at radius 1 is 1.30 bits per heavy atom. The second-order valence-electron chi connectivity index (χ2n) is 6.54. The van der Waals surface area contributed by atoms with E-state index in [2.05, 4.69) is 24.1 Å². The molecule has 23 heavy (non-hydrogen) atoms. The number of hydrogen-bond donors (Lipinski definition) is 2. The lowest BCUT2D eigenvalue weighted by molar-refractivity contribution is -0.0704. The Balaban J connectivity index is 1.85. The van der Waals surface area contributed by atoms with Crippen LogP contribution in [-0.4, -0.2) is 53.9 Å². The standard InChI is InChI=1S/C18H28N2O3/c1-13(21)8-9-19-18(22)17-6-4-16(5-7-17)12-20-10-14(2)23-15(3)11-20/h4-7,13-15,21H,8-12H2,1-3H3,(H,19,22). The van der Waals surface area contributed by atoms with Crippen LogP contribution in [0.4, 0.5) is 0 Å². The largest absolute Gasteiger partial charge is 0.393 e. The molecule has 1 heterocycles. The van der Waals surface area contributed by atoms with Crippen LogP contribution < -0.4 is 5.32 Å². The Bertz CT molecular complexity index is 491. The quantitative estimate of drug-likeness (QED) is 0.839. The Kier molecular flexibility index (Phi) is 6.57. The number of nitrogens with one attached hydrogen (secondary N) is 1. The number of carbonyl (C=O) groups is 1. The minimum Gasteiger partial charge on any atom is -0.393 e. The normalized spacial score (nSPS) is 23.5. The summed E-state index contributed by atoms with van der Waals surface area (Å²) in [4.78, 5) is 14.4. The van der Waals surface area contributed by atoms with Gasteiger partial charge in [0.2, 0.25) is 0 Å². The summed E-state index contributed by atoms with van der Waals surface area (Å²) in [5, 5.41) is 12.0. The van der Waals surface area contributed by atoms with Gasteiger partial charge in [0, 0.05) is 31.7 Å². The number of amides is 1. The van der Waals surface area contributed by atoms with Gasteiger partial charge in [-0.3, -0.25) is 9.69 Å². The molecule has 0 saturated carbocycles. The van der Waals surface area contributed by atoms with Gasteiger partial charge in [0.25, 0.3) is 5.91 Å². The van der Waals surface area contributed by atoms with E-state index in [-0.39, 0.29) is 18.1 Å². The van der Waals surface area contributed by atoms with E-state index in [1.165, 1.54) is 5.56 Å². The third-order valence-corrected chi connectivity index (χ3v) is 3.97. The van der Waals surface area contributed by atoms with E-state index < -0.39 is 6.10 Å².